The van der Waals surface area contributed by atoms with Crippen LogP contribution in [0.3, 0.4) is 0 Å². The minimum absolute atomic E-state index is 0.0102. The van der Waals surface area contributed by atoms with Crippen molar-refractivity contribution in [3.63, 3.8) is 0 Å². The Morgan fingerprint density at radius 1 is 1.31 bits per heavy atom. The topological polar surface area (TPSA) is 59.8 Å². The number of aromatic nitrogens is 3. The summed E-state index contributed by atoms with van der Waals surface area (Å²) in [7, 11) is 1.79. The van der Waals surface area contributed by atoms with E-state index in [1.165, 1.54) is 49.9 Å². The van der Waals surface area contributed by atoms with Gasteiger partial charge in [-0.1, -0.05) is 43.2 Å². The van der Waals surface area contributed by atoms with E-state index in [1.807, 2.05) is 6.92 Å². The van der Waals surface area contributed by atoms with Crippen molar-refractivity contribution < 1.29 is 9.18 Å². The maximum Gasteiger partial charge on any atom is 0.233 e. The summed E-state index contributed by atoms with van der Waals surface area (Å²) in [6, 6.07) is 6.48. The van der Waals surface area contributed by atoms with E-state index in [1.54, 1.807) is 29.8 Å². The molecule has 0 aliphatic heterocycles. The Bertz CT molecular complexity index is 758. The average molecular weight is 377 g/mol. The molecule has 1 unspecified atom stereocenters. The number of halogens is 1. The molecule has 1 atom stereocenters. The molecule has 0 spiro atoms. The zero-order valence-corrected chi connectivity index (χ0v) is 16.1. The lowest BCUT2D eigenvalue weighted by Gasteiger charge is -2.22. The van der Waals surface area contributed by atoms with Gasteiger partial charge in [0.15, 0.2) is 11.0 Å². The van der Waals surface area contributed by atoms with E-state index in [2.05, 4.69) is 15.5 Å². The summed E-state index contributed by atoms with van der Waals surface area (Å²) in [6.07, 6.45) is 6.26. The van der Waals surface area contributed by atoms with Crippen LogP contribution >= 0.6 is 11.8 Å². The van der Waals surface area contributed by atoms with Gasteiger partial charge in [0.05, 0.1) is 10.8 Å². The Morgan fingerprint density at radius 3 is 2.77 bits per heavy atom. The van der Waals surface area contributed by atoms with Crippen molar-refractivity contribution >= 4 is 17.7 Å². The number of hydrogen-bond acceptors (Lipinski definition) is 4. The highest BCUT2D eigenvalue weighted by molar-refractivity contribution is 8.00. The largest absolute Gasteiger partial charge is 0.355 e. The molecule has 1 aromatic heterocycles. The van der Waals surface area contributed by atoms with Gasteiger partial charge in [-0.05, 0) is 37.8 Å². The molecule has 140 valence electrons. The second kappa shape index (κ2) is 8.66. The van der Waals surface area contributed by atoms with Gasteiger partial charge in [-0.3, -0.25) is 4.79 Å². The highest BCUT2D eigenvalue weighted by Gasteiger charge is 2.21. The van der Waals surface area contributed by atoms with Crippen molar-refractivity contribution in [3.8, 4) is 11.4 Å². The highest BCUT2D eigenvalue weighted by Crippen LogP contribution is 2.27. The third-order valence-electron chi connectivity index (χ3n) is 4.89. The minimum Gasteiger partial charge on any atom is -0.355 e. The molecule has 1 N–H and O–H groups in total. The molecule has 26 heavy (non-hydrogen) atoms. The van der Waals surface area contributed by atoms with Gasteiger partial charge in [0.1, 0.15) is 5.82 Å². The van der Waals surface area contributed by atoms with Crippen LogP contribution in [0.1, 0.15) is 39.0 Å². The van der Waals surface area contributed by atoms with E-state index in [9.17, 15) is 9.18 Å². The van der Waals surface area contributed by atoms with Crippen molar-refractivity contribution in [1.29, 1.82) is 0 Å². The smallest absolute Gasteiger partial charge is 0.233 e. The summed E-state index contributed by atoms with van der Waals surface area (Å²) in [6.45, 7) is 2.61. The molecule has 1 aromatic carbocycles. The van der Waals surface area contributed by atoms with E-state index in [0.717, 1.165) is 6.54 Å². The van der Waals surface area contributed by atoms with Gasteiger partial charge < -0.3 is 9.88 Å². The standard InChI is InChI=1S/C19H25FN4OS/c1-13(18(25)21-12-14-8-4-3-5-9-14)26-19-23-22-17(24(19)2)15-10-6-7-11-16(15)20/h6-7,10-11,13-14H,3-5,8-9,12H2,1-2H3,(H,21,25). The highest BCUT2D eigenvalue weighted by atomic mass is 32.2. The monoisotopic (exact) mass is 376 g/mol. The fraction of sp³-hybridized carbons (Fsp3) is 0.526. The lowest BCUT2D eigenvalue weighted by molar-refractivity contribution is -0.120. The van der Waals surface area contributed by atoms with Crippen LogP contribution in [-0.4, -0.2) is 32.5 Å². The van der Waals surface area contributed by atoms with E-state index in [4.69, 9.17) is 0 Å². The maximum absolute atomic E-state index is 14.0. The molecule has 7 heteroatoms. The van der Waals surface area contributed by atoms with Crippen LogP contribution in [0.5, 0.6) is 0 Å². The molecular weight excluding hydrogens is 351 g/mol. The first-order chi connectivity index (χ1) is 12.6. The number of benzene rings is 1. The third-order valence-corrected chi connectivity index (χ3v) is 6.02. The summed E-state index contributed by atoms with van der Waals surface area (Å²) in [5.74, 6) is 0.738. The van der Waals surface area contributed by atoms with Crippen LogP contribution in [0.15, 0.2) is 29.4 Å². The summed E-state index contributed by atoms with van der Waals surface area (Å²) in [5.41, 5.74) is 0.406. The molecule has 3 rings (SSSR count). The first-order valence-corrected chi connectivity index (χ1v) is 10.0. The Hall–Kier alpha value is -1.89. The SMILES string of the molecule is CC(Sc1nnc(-c2ccccc2F)n1C)C(=O)NCC1CCCCC1. The quantitative estimate of drug-likeness (QED) is 0.779. The van der Waals surface area contributed by atoms with Crippen molar-refractivity contribution in [2.75, 3.05) is 6.54 Å². The van der Waals surface area contributed by atoms with Gasteiger partial charge in [0, 0.05) is 13.6 Å². The number of nitrogens with zero attached hydrogens (tertiary/aromatic N) is 3. The van der Waals surface area contributed by atoms with Crippen molar-refractivity contribution in [2.24, 2.45) is 13.0 Å². The average Bonchev–Trinajstić information content (AvgIpc) is 3.01. The molecule has 0 radical (unpaired) electrons. The van der Waals surface area contributed by atoms with Crippen LogP contribution in [0, 0.1) is 11.7 Å². The van der Waals surface area contributed by atoms with Gasteiger partial charge >= 0.3 is 0 Å². The third kappa shape index (κ3) is 4.44. The Kier molecular flexibility index (Phi) is 6.29. The first kappa shape index (κ1) is 18.9. The number of carbonyl (C=O) groups is 1. The molecule has 0 bridgehead atoms. The summed E-state index contributed by atoms with van der Waals surface area (Å²) in [4.78, 5) is 12.4. The van der Waals surface area contributed by atoms with E-state index >= 15 is 0 Å². The molecule has 1 aliphatic rings. The lowest BCUT2D eigenvalue weighted by Crippen LogP contribution is -2.35. The molecule has 1 heterocycles. The van der Waals surface area contributed by atoms with Crippen LogP contribution in [-0.2, 0) is 11.8 Å². The Balaban J connectivity index is 1.60. The zero-order valence-electron chi connectivity index (χ0n) is 15.2. The van der Waals surface area contributed by atoms with Gasteiger partial charge in [0.2, 0.25) is 5.91 Å². The molecule has 1 saturated carbocycles. The first-order valence-electron chi connectivity index (χ1n) is 9.15. The number of carbonyl (C=O) groups excluding carboxylic acids is 1. The number of amides is 1. The molecule has 1 amide bonds. The molecule has 1 aliphatic carbocycles. The normalized spacial score (nSPS) is 16.4. The number of thioether (sulfide) groups is 1. The van der Waals surface area contributed by atoms with E-state index in [0.29, 0.717) is 22.5 Å². The maximum atomic E-state index is 14.0. The van der Waals surface area contributed by atoms with Crippen LogP contribution in [0.4, 0.5) is 4.39 Å². The zero-order chi connectivity index (χ0) is 18.5. The molecular formula is C19H25FN4OS. The Morgan fingerprint density at radius 2 is 2.04 bits per heavy atom. The lowest BCUT2D eigenvalue weighted by atomic mass is 9.89. The van der Waals surface area contributed by atoms with Gasteiger partial charge in [-0.25, -0.2) is 4.39 Å². The van der Waals surface area contributed by atoms with Gasteiger partial charge in [-0.15, -0.1) is 10.2 Å². The number of hydrogen-bond donors (Lipinski definition) is 1. The number of nitrogens with one attached hydrogen (secondary N) is 1. The molecule has 0 saturated heterocycles. The second-order valence-electron chi connectivity index (χ2n) is 6.85. The molecule has 5 nitrogen and oxygen atoms in total. The fourth-order valence-electron chi connectivity index (χ4n) is 3.29. The molecule has 2 aromatic rings. The summed E-state index contributed by atoms with van der Waals surface area (Å²) < 4.78 is 15.7. The fourth-order valence-corrected chi connectivity index (χ4v) is 4.13. The number of rotatable bonds is 6. The predicted molar refractivity (Wildman–Crippen MR) is 101 cm³/mol. The summed E-state index contributed by atoms with van der Waals surface area (Å²) in [5, 5.41) is 11.6. The Labute approximate surface area is 157 Å². The van der Waals surface area contributed by atoms with Gasteiger partial charge in [0.25, 0.3) is 0 Å². The van der Waals surface area contributed by atoms with E-state index in [-0.39, 0.29) is 17.0 Å². The van der Waals surface area contributed by atoms with Crippen LogP contribution in [0.2, 0.25) is 0 Å². The molecule has 1 fully saturated rings. The second-order valence-corrected chi connectivity index (χ2v) is 8.16. The van der Waals surface area contributed by atoms with Crippen LogP contribution < -0.4 is 5.32 Å². The predicted octanol–water partition coefficient (Wildman–Crippen LogP) is 3.80. The minimum atomic E-state index is -0.335. The van der Waals surface area contributed by atoms with E-state index < -0.39 is 0 Å². The van der Waals surface area contributed by atoms with Crippen LogP contribution in [0.25, 0.3) is 11.4 Å². The van der Waals surface area contributed by atoms with Gasteiger partial charge in [-0.2, -0.15) is 0 Å². The van der Waals surface area contributed by atoms with Crippen molar-refractivity contribution in [3.05, 3.63) is 30.1 Å². The van der Waals surface area contributed by atoms with Crippen molar-refractivity contribution in [1.82, 2.24) is 20.1 Å². The van der Waals surface area contributed by atoms with Crippen molar-refractivity contribution in [2.45, 2.75) is 49.4 Å². The summed E-state index contributed by atoms with van der Waals surface area (Å²) >= 11 is 1.34.